The van der Waals surface area contributed by atoms with Crippen LogP contribution in [0.5, 0.6) is 0 Å². The van der Waals surface area contributed by atoms with E-state index in [9.17, 15) is 9.59 Å². The Labute approximate surface area is 194 Å². The van der Waals surface area contributed by atoms with Gasteiger partial charge in [0.25, 0.3) is 5.91 Å². The Morgan fingerprint density at radius 2 is 2.00 bits per heavy atom. The van der Waals surface area contributed by atoms with E-state index in [1.807, 2.05) is 29.8 Å². The average Bonchev–Trinajstić information content (AvgIpc) is 3.40. The molecule has 0 saturated carbocycles. The third kappa shape index (κ3) is 4.87. The molecule has 3 heterocycles. The van der Waals surface area contributed by atoms with Gasteiger partial charge in [0.05, 0.1) is 13.1 Å². The maximum atomic E-state index is 13.6. The summed E-state index contributed by atoms with van der Waals surface area (Å²) in [5.41, 5.74) is 0.431. The number of carbonyl (C=O) groups excluding carboxylic acids is 2. The minimum atomic E-state index is -0.825. The maximum absolute atomic E-state index is 13.6. The summed E-state index contributed by atoms with van der Waals surface area (Å²) in [6.07, 6.45) is 6.01. The molecular formula is C25H30N4O2S. The van der Waals surface area contributed by atoms with Gasteiger partial charge in [0.15, 0.2) is 0 Å². The highest BCUT2D eigenvalue weighted by Crippen LogP contribution is 2.37. The van der Waals surface area contributed by atoms with Gasteiger partial charge in [0.1, 0.15) is 10.5 Å². The summed E-state index contributed by atoms with van der Waals surface area (Å²) in [5, 5.41) is 6.26. The van der Waals surface area contributed by atoms with E-state index in [1.54, 1.807) is 18.3 Å². The van der Waals surface area contributed by atoms with Crippen LogP contribution >= 0.6 is 11.3 Å². The lowest BCUT2D eigenvalue weighted by Crippen LogP contribution is -2.56. The van der Waals surface area contributed by atoms with E-state index < -0.39 is 5.54 Å². The summed E-state index contributed by atoms with van der Waals surface area (Å²) in [7, 11) is 0. The maximum Gasteiger partial charge on any atom is 0.325 e. The second-order valence-electron chi connectivity index (χ2n) is 8.53. The van der Waals surface area contributed by atoms with Crippen LogP contribution in [-0.2, 0) is 17.8 Å². The van der Waals surface area contributed by atoms with Crippen molar-refractivity contribution in [1.29, 1.82) is 0 Å². The predicted molar refractivity (Wildman–Crippen MR) is 126 cm³/mol. The molecule has 168 valence electrons. The number of urea groups is 1. The van der Waals surface area contributed by atoms with E-state index in [0.29, 0.717) is 6.42 Å². The van der Waals surface area contributed by atoms with Crippen molar-refractivity contribution in [2.75, 3.05) is 19.6 Å². The number of nitrogens with one attached hydrogen (secondary N) is 1. The highest BCUT2D eigenvalue weighted by molar-refractivity contribution is 7.09. The van der Waals surface area contributed by atoms with Gasteiger partial charge in [-0.1, -0.05) is 36.3 Å². The lowest BCUT2D eigenvalue weighted by molar-refractivity contribution is -0.134. The van der Waals surface area contributed by atoms with Gasteiger partial charge in [0.2, 0.25) is 0 Å². The Bertz CT molecular complexity index is 974. The van der Waals surface area contributed by atoms with E-state index in [-0.39, 0.29) is 24.4 Å². The summed E-state index contributed by atoms with van der Waals surface area (Å²) >= 11 is 1.68. The fraction of sp³-hybridized carbons (Fsp3) is 0.480. The van der Waals surface area contributed by atoms with Gasteiger partial charge in [-0.05, 0) is 63.6 Å². The first-order valence-electron chi connectivity index (χ1n) is 11.3. The van der Waals surface area contributed by atoms with E-state index in [1.165, 1.54) is 10.5 Å². The molecule has 0 spiro atoms. The molecule has 1 aromatic heterocycles. The van der Waals surface area contributed by atoms with Crippen LogP contribution in [0, 0.1) is 17.8 Å². The molecule has 1 N–H and O–H groups in total. The van der Waals surface area contributed by atoms with Crippen molar-refractivity contribution in [3.05, 3.63) is 52.5 Å². The van der Waals surface area contributed by atoms with Gasteiger partial charge in [-0.3, -0.25) is 14.6 Å². The van der Waals surface area contributed by atoms with Crippen LogP contribution in [-0.4, -0.2) is 51.9 Å². The van der Waals surface area contributed by atoms with Crippen molar-refractivity contribution in [2.24, 2.45) is 5.92 Å². The van der Waals surface area contributed by atoms with Gasteiger partial charge in [-0.2, -0.15) is 0 Å². The fourth-order valence-electron chi connectivity index (χ4n) is 4.92. The molecule has 1 unspecified atom stereocenters. The lowest BCUT2D eigenvalue weighted by atomic mass is 9.74. The number of carbonyl (C=O) groups is 2. The average molecular weight is 451 g/mol. The van der Waals surface area contributed by atoms with Gasteiger partial charge in [-0.25, -0.2) is 9.78 Å². The second-order valence-corrected chi connectivity index (χ2v) is 9.51. The molecule has 1 aromatic carbocycles. The van der Waals surface area contributed by atoms with Crippen LogP contribution < -0.4 is 5.32 Å². The number of aryl methyl sites for hydroxylation is 1. The number of likely N-dealkylation sites (tertiary alicyclic amines) is 1. The molecule has 2 saturated heterocycles. The van der Waals surface area contributed by atoms with Crippen LogP contribution in [0.4, 0.5) is 4.79 Å². The molecule has 2 aliphatic heterocycles. The number of aromatic nitrogens is 1. The molecular weight excluding hydrogens is 420 g/mol. The number of amides is 3. The zero-order valence-corrected chi connectivity index (χ0v) is 19.4. The Morgan fingerprint density at radius 1 is 1.22 bits per heavy atom. The third-order valence-electron chi connectivity index (χ3n) is 6.62. The van der Waals surface area contributed by atoms with Crippen molar-refractivity contribution in [1.82, 2.24) is 20.1 Å². The smallest absolute Gasteiger partial charge is 0.323 e. The van der Waals surface area contributed by atoms with Gasteiger partial charge in [0, 0.05) is 11.6 Å². The quantitative estimate of drug-likeness (QED) is 0.492. The molecule has 0 radical (unpaired) electrons. The summed E-state index contributed by atoms with van der Waals surface area (Å²) in [6.45, 7) is 4.54. The number of rotatable bonds is 8. The number of piperidine rings is 1. The second kappa shape index (κ2) is 10.3. The van der Waals surface area contributed by atoms with Gasteiger partial charge < -0.3 is 5.32 Å². The van der Waals surface area contributed by atoms with E-state index in [0.717, 1.165) is 50.3 Å². The van der Waals surface area contributed by atoms with E-state index in [4.69, 9.17) is 0 Å². The number of hydrogen-bond acceptors (Lipinski definition) is 5. The van der Waals surface area contributed by atoms with E-state index in [2.05, 4.69) is 39.2 Å². The summed E-state index contributed by atoms with van der Waals surface area (Å²) in [5.74, 6) is 5.71. The zero-order chi connectivity index (χ0) is 22.4. The van der Waals surface area contributed by atoms with Gasteiger partial charge in [-0.15, -0.1) is 17.3 Å². The van der Waals surface area contributed by atoms with Crippen LogP contribution in [0.15, 0.2) is 41.9 Å². The summed E-state index contributed by atoms with van der Waals surface area (Å²) < 4.78 is 0. The highest BCUT2D eigenvalue weighted by Gasteiger charge is 2.55. The Hall–Kier alpha value is -2.69. The topological polar surface area (TPSA) is 65.5 Å². The zero-order valence-electron chi connectivity index (χ0n) is 18.5. The first-order valence-corrected chi connectivity index (χ1v) is 12.2. The van der Waals surface area contributed by atoms with Crippen LogP contribution in [0.2, 0.25) is 0 Å². The van der Waals surface area contributed by atoms with Crippen molar-refractivity contribution < 1.29 is 9.59 Å². The summed E-state index contributed by atoms with van der Waals surface area (Å²) in [6, 6.07) is 10.0. The van der Waals surface area contributed by atoms with Crippen LogP contribution in [0.25, 0.3) is 0 Å². The minimum Gasteiger partial charge on any atom is -0.323 e. The first kappa shape index (κ1) is 22.5. The van der Waals surface area contributed by atoms with Crippen LogP contribution in [0.1, 0.15) is 43.2 Å². The molecule has 0 bridgehead atoms. The normalized spacial score (nSPS) is 22.0. The lowest BCUT2D eigenvalue weighted by Gasteiger charge is -2.40. The van der Waals surface area contributed by atoms with Gasteiger partial charge >= 0.3 is 6.03 Å². The number of nitrogens with zero attached hydrogens (tertiary/aromatic N) is 3. The van der Waals surface area contributed by atoms with Crippen molar-refractivity contribution in [3.8, 4) is 11.8 Å². The highest BCUT2D eigenvalue weighted by atomic mass is 32.1. The first-order chi connectivity index (χ1) is 15.6. The third-order valence-corrected chi connectivity index (χ3v) is 7.39. The number of hydrogen-bond donors (Lipinski definition) is 1. The molecule has 0 aliphatic carbocycles. The molecule has 4 rings (SSSR count). The summed E-state index contributed by atoms with van der Waals surface area (Å²) in [4.78, 5) is 34.4. The standard InChI is InChI=1S/C25H30N4O2S/c1-2-3-15-29-23(30)25(27-24(29)31,13-7-10-20-8-5-4-6-9-20)21-11-16-28(17-12-21)19-22-26-14-18-32-22/h4-6,8-9,14,18,21H,7,10-13,15-17,19H2,1H3,(H,27,31). The number of benzene rings is 1. The number of thiazole rings is 1. The monoisotopic (exact) mass is 450 g/mol. The molecule has 2 aromatic rings. The minimum absolute atomic E-state index is 0.100. The Kier molecular flexibility index (Phi) is 7.23. The Morgan fingerprint density at radius 3 is 2.69 bits per heavy atom. The van der Waals surface area contributed by atoms with Crippen molar-refractivity contribution >= 4 is 23.3 Å². The van der Waals surface area contributed by atoms with Crippen LogP contribution in [0.3, 0.4) is 0 Å². The van der Waals surface area contributed by atoms with Crippen molar-refractivity contribution in [2.45, 2.75) is 51.1 Å². The molecule has 6 nitrogen and oxygen atoms in total. The number of imide groups is 1. The molecule has 2 fully saturated rings. The van der Waals surface area contributed by atoms with E-state index >= 15 is 0 Å². The molecule has 3 amide bonds. The predicted octanol–water partition coefficient (Wildman–Crippen LogP) is 3.69. The molecule has 1 atom stereocenters. The molecule has 32 heavy (non-hydrogen) atoms. The SMILES string of the molecule is CC#CCN1C(=O)NC(CCCc2ccccc2)(C2CCN(Cc3nccs3)CC2)C1=O. The fourth-order valence-corrected chi connectivity index (χ4v) is 5.58. The molecule has 7 heteroatoms. The largest absolute Gasteiger partial charge is 0.325 e. The Balaban J connectivity index is 1.46. The van der Waals surface area contributed by atoms with Crippen molar-refractivity contribution in [3.63, 3.8) is 0 Å². The molecule has 2 aliphatic rings.